The summed E-state index contributed by atoms with van der Waals surface area (Å²) in [6, 6.07) is 8.00. The number of rotatable bonds is 3. The van der Waals surface area contributed by atoms with E-state index in [0.29, 0.717) is 18.4 Å². The summed E-state index contributed by atoms with van der Waals surface area (Å²) < 4.78 is 2.20. The number of amides is 2. The van der Waals surface area contributed by atoms with E-state index in [0.717, 1.165) is 53.7 Å². The molecule has 162 valence electrons. The molecule has 1 fully saturated rings. The molecule has 0 radical (unpaired) electrons. The first kappa shape index (κ1) is 19.5. The molecule has 6 rings (SSSR count). The lowest BCUT2D eigenvalue weighted by molar-refractivity contribution is -0.120. The highest BCUT2D eigenvalue weighted by Gasteiger charge is 2.40. The van der Waals surface area contributed by atoms with Crippen LogP contribution in [0.1, 0.15) is 31.4 Å². The average molecular weight is 427 g/mol. The molecule has 2 aliphatic carbocycles. The van der Waals surface area contributed by atoms with E-state index >= 15 is 0 Å². The smallest absolute Gasteiger partial charge is 0.265 e. The molecule has 3 heterocycles. The Hall–Kier alpha value is -3.18. The lowest BCUT2D eigenvalue weighted by Crippen LogP contribution is -2.33. The van der Waals surface area contributed by atoms with Crippen molar-refractivity contribution in [2.75, 3.05) is 11.5 Å². The van der Waals surface area contributed by atoms with Crippen molar-refractivity contribution in [1.82, 2.24) is 4.57 Å². The molecule has 2 amide bonds. The van der Waals surface area contributed by atoms with Crippen LogP contribution in [0.15, 0.2) is 71.4 Å². The third kappa shape index (κ3) is 2.81. The van der Waals surface area contributed by atoms with Crippen molar-refractivity contribution in [3.05, 3.63) is 77.1 Å². The summed E-state index contributed by atoms with van der Waals surface area (Å²) in [5, 5.41) is 10.8. The second-order valence-electron chi connectivity index (χ2n) is 9.21. The summed E-state index contributed by atoms with van der Waals surface area (Å²) >= 11 is 0. The summed E-state index contributed by atoms with van der Waals surface area (Å²) in [5.41, 5.74) is 5.57. The molecule has 2 unspecified atom stereocenters. The fourth-order valence-corrected chi connectivity index (χ4v) is 5.98. The predicted molar refractivity (Wildman–Crippen MR) is 124 cm³/mol. The highest BCUT2D eigenvalue weighted by Crippen LogP contribution is 2.44. The van der Waals surface area contributed by atoms with Crippen LogP contribution in [0, 0.1) is 11.8 Å². The zero-order valence-corrected chi connectivity index (χ0v) is 18.0. The Morgan fingerprint density at radius 3 is 2.84 bits per heavy atom. The molecular formula is C27H26N2O3. The molecule has 1 aromatic heterocycles. The first-order valence-electron chi connectivity index (χ1n) is 11.5. The van der Waals surface area contributed by atoms with Gasteiger partial charge in [0.2, 0.25) is 0 Å². The van der Waals surface area contributed by atoms with Gasteiger partial charge in [-0.25, -0.2) is 4.90 Å². The average Bonchev–Trinajstić information content (AvgIpc) is 3.31. The minimum Gasteiger partial charge on any atom is -0.396 e. The Kier molecular flexibility index (Phi) is 4.54. The fourth-order valence-electron chi connectivity index (χ4n) is 5.98. The van der Waals surface area contributed by atoms with Crippen molar-refractivity contribution < 1.29 is 14.7 Å². The van der Waals surface area contributed by atoms with Gasteiger partial charge in [-0.1, -0.05) is 48.1 Å². The molecule has 2 atom stereocenters. The number of allylic oxidation sites excluding steroid dienone is 5. The van der Waals surface area contributed by atoms with E-state index in [1.807, 2.05) is 24.3 Å². The largest absolute Gasteiger partial charge is 0.396 e. The summed E-state index contributed by atoms with van der Waals surface area (Å²) in [6.07, 6.45) is 14.5. The van der Waals surface area contributed by atoms with Crippen LogP contribution < -0.4 is 4.90 Å². The van der Waals surface area contributed by atoms with Crippen LogP contribution in [0.5, 0.6) is 0 Å². The highest BCUT2D eigenvalue weighted by atomic mass is 16.3. The quantitative estimate of drug-likeness (QED) is 0.591. The number of carbonyl (C=O) groups excluding carboxylic acids is 2. The molecule has 1 aromatic carbocycles. The summed E-state index contributed by atoms with van der Waals surface area (Å²) in [7, 11) is 0. The van der Waals surface area contributed by atoms with Crippen molar-refractivity contribution >= 4 is 28.4 Å². The summed E-state index contributed by atoms with van der Waals surface area (Å²) in [5.74, 6) is -0.00320. The molecule has 0 bridgehead atoms. The monoisotopic (exact) mass is 426 g/mol. The highest BCUT2D eigenvalue weighted by molar-refractivity contribution is 6.34. The van der Waals surface area contributed by atoms with Gasteiger partial charge >= 0.3 is 0 Å². The standard InChI is InChI=1S/C27H26N2O3/c30-16-19-7-5-6-17-11-12-18(14-21(17)19)22-15-25(31)29(27(22)32)26-20-8-1-2-9-23(20)28-13-4-3-10-24(26)28/h1-4,8-9,11-12,15,19,21,30H,5-7,10,13-14,16H2. The Balaban J connectivity index is 1.39. The first-order valence-corrected chi connectivity index (χ1v) is 11.5. The molecule has 5 nitrogen and oxygen atoms in total. The van der Waals surface area contributed by atoms with E-state index in [4.69, 9.17) is 0 Å². The van der Waals surface area contributed by atoms with E-state index < -0.39 is 0 Å². The number of hydrogen-bond acceptors (Lipinski definition) is 3. The maximum absolute atomic E-state index is 13.7. The summed E-state index contributed by atoms with van der Waals surface area (Å²) in [4.78, 5) is 28.2. The maximum Gasteiger partial charge on any atom is 0.265 e. The number of aromatic nitrogens is 1. The zero-order chi connectivity index (χ0) is 21.8. The van der Waals surface area contributed by atoms with E-state index in [-0.39, 0.29) is 30.3 Å². The Bertz CT molecular complexity index is 1270. The Morgan fingerprint density at radius 2 is 1.97 bits per heavy atom. The van der Waals surface area contributed by atoms with Gasteiger partial charge in [0.05, 0.1) is 11.2 Å². The van der Waals surface area contributed by atoms with Gasteiger partial charge in [0.25, 0.3) is 11.8 Å². The lowest BCUT2D eigenvalue weighted by Gasteiger charge is -2.35. The van der Waals surface area contributed by atoms with Gasteiger partial charge in [0.15, 0.2) is 0 Å². The number of benzene rings is 1. The van der Waals surface area contributed by atoms with Crippen LogP contribution in [0.25, 0.3) is 10.9 Å². The molecule has 1 N–H and O–H groups in total. The van der Waals surface area contributed by atoms with Crippen LogP contribution in [-0.2, 0) is 22.6 Å². The minimum atomic E-state index is -0.267. The van der Waals surface area contributed by atoms with Gasteiger partial charge in [-0.05, 0) is 49.2 Å². The molecule has 2 aliphatic heterocycles. The van der Waals surface area contributed by atoms with Gasteiger partial charge in [0.1, 0.15) is 0 Å². The topological polar surface area (TPSA) is 62.5 Å². The van der Waals surface area contributed by atoms with Crippen molar-refractivity contribution in [3.8, 4) is 0 Å². The van der Waals surface area contributed by atoms with Crippen LogP contribution in [0.2, 0.25) is 0 Å². The number of para-hydroxylation sites is 1. The van der Waals surface area contributed by atoms with E-state index in [1.54, 1.807) is 0 Å². The third-order valence-corrected chi connectivity index (χ3v) is 7.56. The van der Waals surface area contributed by atoms with Gasteiger partial charge < -0.3 is 9.67 Å². The van der Waals surface area contributed by atoms with Crippen LogP contribution in [0.3, 0.4) is 0 Å². The molecule has 0 spiro atoms. The first-order chi connectivity index (χ1) is 15.7. The van der Waals surface area contributed by atoms with Crippen LogP contribution in [0.4, 0.5) is 5.69 Å². The molecule has 5 heteroatoms. The lowest BCUT2D eigenvalue weighted by atomic mass is 9.70. The molecule has 32 heavy (non-hydrogen) atoms. The number of fused-ring (bicyclic) bond motifs is 4. The Morgan fingerprint density at radius 1 is 1.09 bits per heavy atom. The molecule has 1 saturated carbocycles. The number of anilines is 1. The normalized spacial score (nSPS) is 24.9. The van der Waals surface area contributed by atoms with Crippen molar-refractivity contribution in [2.45, 2.75) is 38.6 Å². The molecule has 0 saturated heterocycles. The van der Waals surface area contributed by atoms with Crippen molar-refractivity contribution in [2.24, 2.45) is 11.8 Å². The SMILES string of the molecule is O=C1C=C(C2=CC=C3CCCC(CO)C3C2)C(=O)N1c1c2n(c3ccccc13)CC=CC2. The van der Waals surface area contributed by atoms with Crippen molar-refractivity contribution in [3.63, 3.8) is 0 Å². The van der Waals surface area contributed by atoms with E-state index in [2.05, 4.69) is 28.9 Å². The molecule has 2 aromatic rings. The maximum atomic E-state index is 13.7. The molecular weight excluding hydrogens is 400 g/mol. The Labute approximate surface area is 187 Å². The number of aliphatic hydroxyl groups is 1. The minimum absolute atomic E-state index is 0.170. The van der Waals surface area contributed by atoms with Gasteiger partial charge in [-0.15, -0.1) is 0 Å². The molecule has 4 aliphatic rings. The second kappa shape index (κ2) is 7.45. The van der Waals surface area contributed by atoms with Crippen LogP contribution in [-0.4, -0.2) is 28.1 Å². The third-order valence-electron chi connectivity index (χ3n) is 7.56. The number of imide groups is 1. The number of hydrogen-bond donors (Lipinski definition) is 1. The van der Waals surface area contributed by atoms with Gasteiger partial charge in [-0.3, -0.25) is 9.59 Å². The van der Waals surface area contributed by atoms with E-state index in [1.165, 1.54) is 16.5 Å². The van der Waals surface area contributed by atoms with Crippen LogP contribution >= 0.6 is 0 Å². The summed E-state index contributed by atoms with van der Waals surface area (Å²) in [6.45, 7) is 0.916. The fraction of sp³-hybridized carbons (Fsp3) is 0.333. The second-order valence-corrected chi connectivity index (χ2v) is 9.21. The number of nitrogens with zero attached hydrogens (tertiary/aromatic N) is 2. The number of carbonyl (C=O) groups is 2. The van der Waals surface area contributed by atoms with Gasteiger partial charge in [-0.2, -0.15) is 0 Å². The number of aliphatic hydroxyl groups excluding tert-OH is 1. The zero-order valence-electron chi connectivity index (χ0n) is 18.0. The van der Waals surface area contributed by atoms with E-state index in [9.17, 15) is 14.7 Å². The van der Waals surface area contributed by atoms with Gasteiger partial charge in [0, 0.05) is 42.3 Å². The predicted octanol–water partition coefficient (Wildman–Crippen LogP) is 4.22. The van der Waals surface area contributed by atoms with Crippen molar-refractivity contribution in [1.29, 1.82) is 0 Å².